The van der Waals surface area contributed by atoms with Crippen molar-refractivity contribution in [2.75, 3.05) is 13.2 Å². The quantitative estimate of drug-likeness (QED) is 0.497. The summed E-state index contributed by atoms with van der Waals surface area (Å²) < 4.78 is 6.84. The molecule has 7 heteroatoms. The largest absolute Gasteiger partial charge is 0.480 e. The minimum absolute atomic E-state index is 0.142. The average Bonchev–Trinajstić information content (AvgIpc) is 2.82. The predicted molar refractivity (Wildman–Crippen MR) is 128 cm³/mol. The third-order valence-corrected chi connectivity index (χ3v) is 6.52. The van der Waals surface area contributed by atoms with Gasteiger partial charge in [-0.1, -0.05) is 60.1 Å². The zero-order chi connectivity index (χ0) is 23.2. The molecule has 3 aromatic rings. The number of carboxylic acids is 1. The van der Waals surface area contributed by atoms with Crippen LogP contribution in [0.5, 0.6) is 0 Å². The maximum atomic E-state index is 13.0. The Morgan fingerprint density at radius 3 is 2.36 bits per heavy atom. The Labute approximate surface area is 197 Å². The third-order valence-electron chi connectivity index (χ3n) is 6.19. The van der Waals surface area contributed by atoms with E-state index in [9.17, 15) is 9.59 Å². The Morgan fingerprint density at radius 1 is 1.00 bits per heavy atom. The number of rotatable bonds is 8. The van der Waals surface area contributed by atoms with Crippen molar-refractivity contribution in [3.05, 3.63) is 76.0 Å². The second-order valence-electron chi connectivity index (χ2n) is 8.57. The van der Waals surface area contributed by atoms with E-state index in [4.69, 9.17) is 26.5 Å². The average molecular weight is 467 g/mol. The van der Waals surface area contributed by atoms with Crippen LogP contribution in [0.15, 0.2) is 65.5 Å². The first kappa shape index (κ1) is 23.2. The van der Waals surface area contributed by atoms with E-state index in [-0.39, 0.29) is 12.2 Å². The molecule has 0 spiro atoms. The number of hydrogen-bond donors (Lipinski definition) is 1. The molecule has 1 saturated carbocycles. The highest BCUT2D eigenvalue weighted by Crippen LogP contribution is 2.34. The van der Waals surface area contributed by atoms with Crippen LogP contribution < -0.4 is 5.56 Å². The predicted octanol–water partition coefficient (Wildman–Crippen LogP) is 5.14. The Morgan fingerprint density at radius 2 is 1.67 bits per heavy atom. The molecule has 1 fully saturated rings. The molecule has 33 heavy (non-hydrogen) atoms. The van der Waals surface area contributed by atoms with Crippen molar-refractivity contribution in [3.63, 3.8) is 0 Å². The summed E-state index contributed by atoms with van der Waals surface area (Å²) in [4.78, 5) is 23.7. The molecule has 1 heterocycles. The van der Waals surface area contributed by atoms with Crippen LogP contribution in [0, 0.1) is 11.8 Å². The zero-order valence-corrected chi connectivity index (χ0v) is 19.1. The van der Waals surface area contributed by atoms with Crippen molar-refractivity contribution >= 4 is 17.6 Å². The van der Waals surface area contributed by atoms with Gasteiger partial charge < -0.3 is 9.84 Å². The molecule has 1 N–H and O–H groups in total. The second-order valence-corrected chi connectivity index (χ2v) is 8.98. The number of carbonyl (C=O) groups is 1. The van der Waals surface area contributed by atoms with E-state index in [0.29, 0.717) is 30.0 Å². The number of benzene rings is 2. The van der Waals surface area contributed by atoms with Crippen molar-refractivity contribution in [3.8, 4) is 22.4 Å². The molecule has 0 amide bonds. The maximum Gasteiger partial charge on any atom is 0.329 e. The van der Waals surface area contributed by atoms with Gasteiger partial charge in [-0.05, 0) is 43.6 Å². The van der Waals surface area contributed by atoms with E-state index < -0.39 is 5.97 Å². The standard InChI is InChI=1S/C26H27ClN2O4/c27-23-9-5-4-8-21(23)22-14-24(30)29(28-26(22)20-6-2-1-3-7-20)15-18-10-12-19(13-11-18)16-33-17-25(31)32/h1-9,14,18-19H,10-13,15-17H2,(H,31,32). The van der Waals surface area contributed by atoms with Crippen molar-refractivity contribution in [2.24, 2.45) is 11.8 Å². The lowest BCUT2D eigenvalue weighted by atomic mass is 9.82. The smallest absolute Gasteiger partial charge is 0.329 e. The molecule has 0 aliphatic heterocycles. The van der Waals surface area contributed by atoms with Crippen molar-refractivity contribution in [1.82, 2.24) is 9.78 Å². The van der Waals surface area contributed by atoms with Crippen LogP contribution in [0.3, 0.4) is 0 Å². The van der Waals surface area contributed by atoms with Crippen LogP contribution in [0.4, 0.5) is 0 Å². The maximum absolute atomic E-state index is 13.0. The summed E-state index contributed by atoms with van der Waals surface area (Å²) in [7, 11) is 0. The summed E-state index contributed by atoms with van der Waals surface area (Å²) >= 11 is 6.45. The fourth-order valence-corrected chi connectivity index (χ4v) is 4.69. The van der Waals surface area contributed by atoms with Crippen LogP contribution in [0.2, 0.25) is 5.02 Å². The molecule has 2 aromatic carbocycles. The minimum Gasteiger partial charge on any atom is -0.480 e. The number of aliphatic carboxylic acids is 1. The topological polar surface area (TPSA) is 81.4 Å². The Kier molecular flexibility index (Phi) is 7.57. The molecule has 1 aliphatic carbocycles. The van der Waals surface area contributed by atoms with Crippen LogP contribution in [-0.2, 0) is 16.1 Å². The minimum atomic E-state index is -0.941. The lowest BCUT2D eigenvalue weighted by Gasteiger charge is -2.28. The van der Waals surface area contributed by atoms with Gasteiger partial charge in [0.2, 0.25) is 0 Å². The van der Waals surface area contributed by atoms with Crippen LogP contribution in [-0.4, -0.2) is 34.1 Å². The van der Waals surface area contributed by atoms with Crippen LogP contribution >= 0.6 is 11.6 Å². The summed E-state index contributed by atoms with van der Waals surface area (Å²) in [5.41, 5.74) is 3.04. The number of nitrogens with zero attached hydrogens (tertiary/aromatic N) is 2. The molecule has 4 rings (SSSR count). The van der Waals surface area contributed by atoms with E-state index in [0.717, 1.165) is 48.1 Å². The third kappa shape index (κ3) is 5.89. The summed E-state index contributed by atoms with van der Waals surface area (Å²) in [6.07, 6.45) is 3.84. The molecule has 0 atom stereocenters. The Hall–Kier alpha value is -2.96. The fraction of sp³-hybridized carbons (Fsp3) is 0.346. The Balaban J connectivity index is 1.55. The van der Waals surface area contributed by atoms with Gasteiger partial charge in [-0.3, -0.25) is 4.79 Å². The van der Waals surface area contributed by atoms with E-state index in [1.807, 2.05) is 54.6 Å². The van der Waals surface area contributed by atoms with Crippen LogP contribution in [0.25, 0.3) is 22.4 Å². The van der Waals surface area contributed by atoms with Crippen LogP contribution in [0.1, 0.15) is 25.7 Å². The lowest BCUT2D eigenvalue weighted by molar-refractivity contribution is -0.142. The summed E-state index contributed by atoms with van der Waals surface area (Å²) in [6, 6.07) is 19.0. The monoisotopic (exact) mass is 466 g/mol. The first-order valence-corrected chi connectivity index (χ1v) is 11.6. The first-order chi connectivity index (χ1) is 16.0. The summed E-state index contributed by atoms with van der Waals surface area (Å²) in [5, 5.41) is 14.1. The molecule has 6 nitrogen and oxygen atoms in total. The molecule has 0 radical (unpaired) electrons. The number of hydrogen-bond acceptors (Lipinski definition) is 4. The van der Waals surface area contributed by atoms with Gasteiger partial charge in [-0.15, -0.1) is 0 Å². The van der Waals surface area contributed by atoms with Gasteiger partial charge in [0.15, 0.2) is 0 Å². The molecular weight excluding hydrogens is 440 g/mol. The fourth-order valence-electron chi connectivity index (χ4n) is 4.45. The number of halogens is 1. The van der Waals surface area contributed by atoms with Gasteiger partial charge in [0.1, 0.15) is 6.61 Å². The zero-order valence-electron chi connectivity index (χ0n) is 18.3. The van der Waals surface area contributed by atoms with Crippen molar-refractivity contribution in [2.45, 2.75) is 32.2 Å². The SMILES string of the molecule is O=C(O)COCC1CCC(Cn2nc(-c3ccccc3)c(-c3ccccc3Cl)cc2=O)CC1. The Bertz CT molecular complexity index is 1150. The van der Waals surface area contributed by atoms with Gasteiger partial charge in [-0.2, -0.15) is 5.10 Å². The number of ether oxygens (including phenoxy) is 1. The van der Waals surface area contributed by atoms with Gasteiger partial charge in [0.05, 0.1) is 12.3 Å². The van der Waals surface area contributed by atoms with E-state index in [1.54, 1.807) is 10.7 Å². The van der Waals surface area contributed by atoms with Gasteiger partial charge in [-0.25, -0.2) is 9.48 Å². The normalized spacial score (nSPS) is 18.2. The van der Waals surface area contributed by atoms with E-state index in [1.165, 1.54) is 0 Å². The van der Waals surface area contributed by atoms with Crippen molar-refractivity contribution in [1.29, 1.82) is 0 Å². The number of aromatic nitrogens is 2. The molecule has 0 bridgehead atoms. The van der Waals surface area contributed by atoms with Gasteiger partial charge >= 0.3 is 5.97 Å². The second kappa shape index (κ2) is 10.8. The highest BCUT2D eigenvalue weighted by molar-refractivity contribution is 6.33. The first-order valence-electron chi connectivity index (χ1n) is 11.2. The van der Waals surface area contributed by atoms with Crippen molar-refractivity contribution < 1.29 is 14.6 Å². The molecule has 1 aliphatic rings. The lowest BCUT2D eigenvalue weighted by Crippen LogP contribution is -2.29. The van der Waals surface area contributed by atoms with E-state index >= 15 is 0 Å². The molecule has 172 valence electrons. The highest BCUT2D eigenvalue weighted by atomic mass is 35.5. The summed E-state index contributed by atoms with van der Waals surface area (Å²) in [5.74, 6) is -0.225. The van der Waals surface area contributed by atoms with E-state index in [2.05, 4.69) is 0 Å². The molecule has 1 aromatic heterocycles. The molecule has 0 unspecified atom stereocenters. The highest BCUT2D eigenvalue weighted by Gasteiger charge is 2.23. The van der Waals surface area contributed by atoms with Gasteiger partial charge in [0, 0.05) is 34.3 Å². The summed E-state index contributed by atoms with van der Waals surface area (Å²) in [6.45, 7) is 0.783. The molecular formula is C26H27ClN2O4. The number of carboxylic acid groups (broad SMARTS) is 1. The molecule has 0 saturated heterocycles. The van der Waals surface area contributed by atoms with Gasteiger partial charge in [0.25, 0.3) is 5.56 Å².